The SMILES string of the molecule is CC(C)Sc1ccccc1C(=O)N1C[C@H](C(=O)O)[C@@H](C2CC2)C1. The van der Waals surface area contributed by atoms with E-state index in [-0.39, 0.29) is 11.8 Å². The topological polar surface area (TPSA) is 57.6 Å². The Kier molecular flexibility index (Phi) is 4.67. The standard InChI is InChI=1S/C18H23NO3S/c1-11(2)23-16-6-4-3-5-13(16)17(20)19-9-14(12-7-8-12)15(10-19)18(21)22/h3-6,11-12,14-15H,7-10H2,1-2H3,(H,21,22)/t14-,15+/m1/s1. The van der Waals surface area contributed by atoms with E-state index in [2.05, 4.69) is 13.8 Å². The molecule has 5 heteroatoms. The molecular formula is C18H23NO3S. The number of benzene rings is 1. The Morgan fingerprint density at radius 3 is 2.52 bits per heavy atom. The van der Waals surface area contributed by atoms with Crippen LogP contribution in [0.25, 0.3) is 0 Å². The molecule has 2 fully saturated rings. The maximum atomic E-state index is 12.9. The zero-order valence-electron chi connectivity index (χ0n) is 13.6. The molecule has 1 N–H and O–H groups in total. The molecule has 1 aliphatic heterocycles. The van der Waals surface area contributed by atoms with Gasteiger partial charge in [0, 0.05) is 23.2 Å². The van der Waals surface area contributed by atoms with Crippen molar-refractivity contribution in [2.45, 2.75) is 36.8 Å². The van der Waals surface area contributed by atoms with Crippen LogP contribution >= 0.6 is 11.8 Å². The van der Waals surface area contributed by atoms with Crippen LogP contribution in [0.5, 0.6) is 0 Å². The summed E-state index contributed by atoms with van der Waals surface area (Å²) >= 11 is 1.67. The number of carboxylic acids is 1. The molecule has 0 aromatic heterocycles. The number of thioether (sulfide) groups is 1. The summed E-state index contributed by atoms with van der Waals surface area (Å²) in [4.78, 5) is 27.2. The number of carbonyl (C=O) groups excluding carboxylic acids is 1. The van der Waals surface area contributed by atoms with Crippen LogP contribution in [0.2, 0.25) is 0 Å². The van der Waals surface area contributed by atoms with Crippen LogP contribution in [0.3, 0.4) is 0 Å². The van der Waals surface area contributed by atoms with E-state index in [1.165, 1.54) is 0 Å². The Bertz CT molecular complexity index is 612. The molecule has 0 bridgehead atoms. The number of amides is 1. The lowest BCUT2D eigenvalue weighted by Crippen LogP contribution is -2.30. The van der Waals surface area contributed by atoms with Gasteiger partial charge in [-0.1, -0.05) is 26.0 Å². The number of hydrogen-bond donors (Lipinski definition) is 1. The fraction of sp³-hybridized carbons (Fsp3) is 0.556. The van der Waals surface area contributed by atoms with Gasteiger partial charge in [0.05, 0.1) is 11.5 Å². The average molecular weight is 333 g/mol. The highest BCUT2D eigenvalue weighted by atomic mass is 32.2. The maximum Gasteiger partial charge on any atom is 0.308 e. The number of carbonyl (C=O) groups is 2. The predicted octanol–water partition coefficient (Wildman–Crippen LogP) is 3.37. The first-order valence-electron chi connectivity index (χ1n) is 8.25. The van der Waals surface area contributed by atoms with Gasteiger partial charge in [0.25, 0.3) is 5.91 Å². The molecule has 124 valence electrons. The Morgan fingerprint density at radius 2 is 1.91 bits per heavy atom. The van der Waals surface area contributed by atoms with Gasteiger partial charge < -0.3 is 10.0 Å². The highest BCUT2D eigenvalue weighted by Crippen LogP contribution is 2.44. The Hall–Kier alpha value is -1.49. The van der Waals surface area contributed by atoms with Crippen molar-refractivity contribution in [3.05, 3.63) is 29.8 Å². The monoisotopic (exact) mass is 333 g/mol. The largest absolute Gasteiger partial charge is 0.481 e. The summed E-state index contributed by atoms with van der Waals surface area (Å²) in [6.45, 7) is 5.13. The summed E-state index contributed by atoms with van der Waals surface area (Å²) in [5, 5.41) is 9.86. The van der Waals surface area contributed by atoms with E-state index in [9.17, 15) is 14.7 Å². The maximum absolute atomic E-state index is 12.9. The zero-order chi connectivity index (χ0) is 16.6. The van der Waals surface area contributed by atoms with Crippen molar-refractivity contribution >= 4 is 23.6 Å². The molecule has 0 radical (unpaired) electrons. The lowest BCUT2D eigenvalue weighted by molar-refractivity contribution is -0.142. The second-order valence-corrected chi connectivity index (χ2v) is 8.44. The van der Waals surface area contributed by atoms with Gasteiger partial charge in [-0.3, -0.25) is 9.59 Å². The third kappa shape index (κ3) is 3.55. The van der Waals surface area contributed by atoms with E-state index in [4.69, 9.17) is 0 Å². The summed E-state index contributed by atoms with van der Waals surface area (Å²) in [5.74, 6) is -0.572. The molecular weight excluding hydrogens is 310 g/mol. The van der Waals surface area contributed by atoms with Crippen molar-refractivity contribution in [1.82, 2.24) is 4.90 Å². The van der Waals surface area contributed by atoms with E-state index < -0.39 is 11.9 Å². The number of nitrogens with zero attached hydrogens (tertiary/aromatic N) is 1. The molecule has 1 amide bonds. The first kappa shape index (κ1) is 16.4. The highest BCUT2D eigenvalue weighted by Gasteiger charge is 2.47. The summed E-state index contributed by atoms with van der Waals surface area (Å²) in [5.41, 5.74) is 0.701. The fourth-order valence-electron chi connectivity index (χ4n) is 3.43. The Labute approximate surface area is 141 Å². The van der Waals surface area contributed by atoms with E-state index in [1.807, 2.05) is 24.3 Å². The number of carboxylic acid groups (broad SMARTS) is 1. The lowest BCUT2D eigenvalue weighted by atomic mass is 9.92. The van der Waals surface area contributed by atoms with E-state index in [0.717, 1.165) is 17.7 Å². The quantitative estimate of drug-likeness (QED) is 0.839. The van der Waals surface area contributed by atoms with Crippen molar-refractivity contribution in [3.63, 3.8) is 0 Å². The molecule has 23 heavy (non-hydrogen) atoms. The van der Waals surface area contributed by atoms with Crippen LogP contribution in [-0.2, 0) is 4.79 Å². The number of hydrogen-bond acceptors (Lipinski definition) is 3. The van der Waals surface area contributed by atoms with Gasteiger partial charge >= 0.3 is 5.97 Å². The molecule has 1 aliphatic carbocycles. The van der Waals surface area contributed by atoms with Crippen molar-refractivity contribution in [2.24, 2.45) is 17.8 Å². The van der Waals surface area contributed by atoms with Gasteiger partial charge in [0.15, 0.2) is 0 Å². The van der Waals surface area contributed by atoms with Crippen LogP contribution in [0.15, 0.2) is 29.2 Å². The van der Waals surface area contributed by atoms with E-state index in [0.29, 0.717) is 29.8 Å². The van der Waals surface area contributed by atoms with Crippen molar-refractivity contribution in [2.75, 3.05) is 13.1 Å². The van der Waals surface area contributed by atoms with Gasteiger partial charge in [0.2, 0.25) is 0 Å². The molecule has 0 unspecified atom stereocenters. The first-order chi connectivity index (χ1) is 11.0. The van der Waals surface area contributed by atoms with Crippen LogP contribution < -0.4 is 0 Å². The molecule has 1 aromatic carbocycles. The fourth-order valence-corrected chi connectivity index (χ4v) is 4.38. The Morgan fingerprint density at radius 1 is 1.22 bits per heavy atom. The summed E-state index contributed by atoms with van der Waals surface area (Å²) in [6, 6.07) is 7.65. The average Bonchev–Trinajstić information content (AvgIpc) is 3.24. The van der Waals surface area contributed by atoms with Crippen LogP contribution in [0.1, 0.15) is 37.0 Å². The molecule has 3 rings (SSSR count). The minimum Gasteiger partial charge on any atom is -0.481 e. The van der Waals surface area contributed by atoms with Gasteiger partial charge in [-0.15, -0.1) is 11.8 Å². The minimum atomic E-state index is -0.762. The second-order valence-electron chi connectivity index (χ2n) is 6.82. The zero-order valence-corrected chi connectivity index (χ0v) is 14.4. The molecule has 4 nitrogen and oxygen atoms in total. The lowest BCUT2D eigenvalue weighted by Gasteiger charge is -2.19. The number of aliphatic carboxylic acids is 1. The molecule has 0 spiro atoms. The molecule has 1 heterocycles. The molecule has 2 atom stereocenters. The summed E-state index contributed by atoms with van der Waals surface area (Å²) < 4.78 is 0. The third-order valence-electron chi connectivity index (χ3n) is 4.68. The van der Waals surface area contributed by atoms with Gasteiger partial charge in [-0.25, -0.2) is 0 Å². The first-order valence-corrected chi connectivity index (χ1v) is 9.13. The van der Waals surface area contributed by atoms with Crippen molar-refractivity contribution in [1.29, 1.82) is 0 Å². The van der Waals surface area contributed by atoms with E-state index in [1.54, 1.807) is 16.7 Å². The summed E-state index contributed by atoms with van der Waals surface area (Å²) in [7, 11) is 0. The number of likely N-dealkylation sites (tertiary alicyclic amines) is 1. The molecule has 1 saturated heterocycles. The van der Waals surface area contributed by atoms with Crippen LogP contribution in [0, 0.1) is 17.8 Å². The van der Waals surface area contributed by atoms with Crippen molar-refractivity contribution in [3.8, 4) is 0 Å². The minimum absolute atomic E-state index is 0.0249. The van der Waals surface area contributed by atoms with Crippen LogP contribution in [0.4, 0.5) is 0 Å². The third-order valence-corrected chi connectivity index (χ3v) is 5.76. The van der Waals surface area contributed by atoms with Gasteiger partial charge in [0.1, 0.15) is 0 Å². The van der Waals surface area contributed by atoms with E-state index >= 15 is 0 Å². The highest BCUT2D eigenvalue weighted by molar-refractivity contribution is 8.00. The van der Waals surface area contributed by atoms with Crippen molar-refractivity contribution < 1.29 is 14.7 Å². The smallest absolute Gasteiger partial charge is 0.308 e. The molecule has 2 aliphatic rings. The normalized spacial score (nSPS) is 24.2. The van der Waals surface area contributed by atoms with Gasteiger partial charge in [-0.2, -0.15) is 0 Å². The number of rotatable bonds is 5. The molecule has 1 aromatic rings. The van der Waals surface area contributed by atoms with Gasteiger partial charge in [-0.05, 0) is 36.8 Å². The predicted molar refractivity (Wildman–Crippen MR) is 90.7 cm³/mol. The van der Waals surface area contributed by atoms with Crippen LogP contribution in [-0.4, -0.2) is 40.2 Å². The molecule has 1 saturated carbocycles. The second kappa shape index (κ2) is 6.56. The Balaban J connectivity index is 1.80. The summed E-state index contributed by atoms with van der Waals surface area (Å²) in [6.07, 6.45) is 2.21.